The van der Waals surface area contributed by atoms with Crippen molar-refractivity contribution in [1.82, 2.24) is 10.3 Å². The molecule has 7 heteroatoms. The van der Waals surface area contributed by atoms with Gasteiger partial charge in [-0.05, 0) is 53.1 Å². The standard InChI is InChI=1S/C28H30N2O5/c1-32-20-11-9-19(10-12-20)21(22-17-29-23-6-5-7-25(34-3)28(22)23)15-27(31)30-16-18-8-13-24(33-2)26(14-18)35-4/h5-14,17,21,29H,15-16H2,1-4H3,(H,30,31). The third kappa shape index (κ3) is 5.19. The molecule has 4 rings (SSSR count). The molecule has 182 valence electrons. The second kappa shape index (κ2) is 10.9. The predicted molar refractivity (Wildman–Crippen MR) is 136 cm³/mol. The number of nitrogens with one attached hydrogen (secondary N) is 2. The summed E-state index contributed by atoms with van der Waals surface area (Å²) in [4.78, 5) is 16.5. The molecule has 0 aliphatic heterocycles. The second-order valence-electron chi connectivity index (χ2n) is 8.12. The molecule has 1 amide bonds. The Hall–Kier alpha value is -4.13. The van der Waals surface area contributed by atoms with Crippen LogP contribution in [0.5, 0.6) is 23.0 Å². The summed E-state index contributed by atoms with van der Waals surface area (Å²) in [6, 6.07) is 19.3. The van der Waals surface area contributed by atoms with Crippen molar-refractivity contribution in [3.63, 3.8) is 0 Å². The number of amides is 1. The number of methoxy groups -OCH3 is 4. The van der Waals surface area contributed by atoms with Crippen LogP contribution >= 0.6 is 0 Å². The first-order valence-corrected chi connectivity index (χ1v) is 11.3. The largest absolute Gasteiger partial charge is 0.497 e. The Labute approximate surface area is 205 Å². The van der Waals surface area contributed by atoms with Gasteiger partial charge in [-0.2, -0.15) is 0 Å². The van der Waals surface area contributed by atoms with Crippen molar-refractivity contribution in [2.75, 3.05) is 28.4 Å². The molecular weight excluding hydrogens is 444 g/mol. The fourth-order valence-electron chi connectivity index (χ4n) is 4.31. The first-order valence-electron chi connectivity index (χ1n) is 11.3. The molecule has 0 radical (unpaired) electrons. The highest BCUT2D eigenvalue weighted by atomic mass is 16.5. The second-order valence-corrected chi connectivity index (χ2v) is 8.12. The average molecular weight is 475 g/mol. The van der Waals surface area contributed by atoms with Crippen LogP contribution in [0.3, 0.4) is 0 Å². The molecule has 2 N–H and O–H groups in total. The van der Waals surface area contributed by atoms with Crippen LogP contribution in [-0.2, 0) is 11.3 Å². The summed E-state index contributed by atoms with van der Waals surface area (Å²) in [6.07, 6.45) is 2.23. The summed E-state index contributed by atoms with van der Waals surface area (Å²) in [7, 11) is 6.48. The van der Waals surface area contributed by atoms with Crippen LogP contribution in [0.25, 0.3) is 10.9 Å². The van der Waals surface area contributed by atoms with Gasteiger partial charge in [-0.1, -0.05) is 24.3 Å². The van der Waals surface area contributed by atoms with Crippen LogP contribution in [0, 0.1) is 0 Å². The molecule has 7 nitrogen and oxygen atoms in total. The van der Waals surface area contributed by atoms with Gasteiger partial charge < -0.3 is 29.2 Å². The molecule has 0 saturated carbocycles. The van der Waals surface area contributed by atoms with E-state index in [1.54, 1.807) is 28.4 Å². The van der Waals surface area contributed by atoms with E-state index in [1.807, 2.05) is 66.9 Å². The first-order chi connectivity index (χ1) is 17.1. The maximum Gasteiger partial charge on any atom is 0.221 e. The Morgan fingerprint density at radius 3 is 2.29 bits per heavy atom. The van der Waals surface area contributed by atoms with Gasteiger partial charge in [-0.3, -0.25) is 4.79 Å². The summed E-state index contributed by atoms with van der Waals surface area (Å²) in [5.41, 5.74) is 3.90. The molecule has 1 atom stereocenters. The number of carbonyl (C=O) groups is 1. The normalized spacial score (nSPS) is 11.7. The Morgan fingerprint density at radius 2 is 1.60 bits per heavy atom. The summed E-state index contributed by atoms with van der Waals surface area (Å²) in [5, 5.41) is 4.02. The number of ether oxygens (including phenoxy) is 4. The molecule has 0 fully saturated rings. The summed E-state index contributed by atoms with van der Waals surface area (Å²) >= 11 is 0. The Morgan fingerprint density at radius 1 is 0.857 bits per heavy atom. The fraction of sp³-hybridized carbons (Fsp3) is 0.250. The van der Waals surface area contributed by atoms with E-state index < -0.39 is 0 Å². The number of H-pyrrole nitrogens is 1. The van der Waals surface area contributed by atoms with E-state index in [0.29, 0.717) is 18.0 Å². The van der Waals surface area contributed by atoms with Crippen LogP contribution in [0.2, 0.25) is 0 Å². The smallest absolute Gasteiger partial charge is 0.221 e. The van der Waals surface area contributed by atoms with Gasteiger partial charge in [-0.25, -0.2) is 0 Å². The van der Waals surface area contributed by atoms with Gasteiger partial charge in [0, 0.05) is 36.0 Å². The highest BCUT2D eigenvalue weighted by Gasteiger charge is 2.23. The summed E-state index contributed by atoms with van der Waals surface area (Å²) < 4.78 is 21.6. The maximum absolute atomic E-state index is 13.2. The number of benzene rings is 3. The number of hydrogen-bond acceptors (Lipinski definition) is 5. The van der Waals surface area contributed by atoms with E-state index in [1.165, 1.54) is 0 Å². The number of aromatic nitrogens is 1. The number of aromatic amines is 1. The quantitative estimate of drug-likeness (QED) is 0.337. The maximum atomic E-state index is 13.2. The lowest BCUT2D eigenvalue weighted by molar-refractivity contribution is -0.121. The summed E-state index contributed by atoms with van der Waals surface area (Å²) in [5.74, 6) is 2.56. The van der Waals surface area contributed by atoms with Crippen molar-refractivity contribution in [3.05, 3.63) is 83.6 Å². The van der Waals surface area contributed by atoms with Crippen molar-refractivity contribution in [1.29, 1.82) is 0 Å². The molecule has 0 aliphatic rings. The van der Waals surface area contributed by atoms with Crippen LogP contribution in [0.15, 0.2) is 66.9 Å². The highest BCUT2D eigenvalue weighted by molar-refractivity contribution is 5.91. The van der Waals surface area contributed by atoms with Crippen molar-refractivity contribution in [2.24, 2.45) is 0 Å². The van der Waals surface area contributed by atoms with E-state index in [9.17, 15) is 4.79 Å². The molecule has 0 saturated heterocycles. The lowest BCUT2D eigenvalue weighted by Crippen LogP contribution is -2.25. The molecule has 3 aromatic carbocycles. The highest BCUT2D eigenvalue weighted by Crippen LogP contribution is 2.38. The molecule has 1 heterocycles. The van der Waals surface area contributed by atoms with Crippen molar-refractivity contribution in [2.45, 2.75) is 18.9 Å². The minimum Gasteiger partial charge on any atom is -0.497 e. The zero-order chi connectivity index (χ0) is 24.8. The number of carbonyl (C=O) groups excluding carboxylic acids is 1. The number of hydrogen-bond donors (Lipinski definition) is 2. The first kappa shape index (κ1) is 24.0. The lowest BCUT2D eigenvalue weighted by atomic mass is 9.87. The minimum atomic E-state index is -0.184. The third-order valence-corrected chi connectivity index (χ3v) is 6.14. The van der Waals surface area contributed by atoms with Gasteiger partial charge >= 0.3 is 0 Å². The zero-order valence-electron chi connectivity index (χ0n) is 20.4. The van der Waals surface area contributed by atoms with Crippen LogP contribution in [0.4, 0.5) is 0 Å². The summed E-state index contributed by atoms with van der Waals surface area (Å²) in [6.45, 7) is 0.381. The van der Waals surface area contributed by atoms with Gasteiger partial charge in [0.2, 0.25) is 5.91 Å². The van der Waals surface area contributed by atoms with Gasteiger partial charge in [-0.15, -0.1) is 0 Å². The Kier molecular flexibility index (Phi) is 7.45. The third-order valence-electron chi connectivity index (χ3n) is 6.14. The van der Waals surface area contributed by atoms with Gasteiger partial charge in [0.15, 0.2) is 11.5 Å². The van der Waals surface area contributed by atoms with E-state index in [2.05, 4.69) is 10.3 Å². The molecule has 0 bridgehead atoms. The van der Waals surface area contributed by atoms with Crippen LogP contribution in [-0.4, -0.2) is 39.3 Å². The Bertz CT molecular complexity index is 1300. The molecule has 1 unspecified atom stereocenters. The average Bonchev–Trinajstić information content (AvgIpc) is 3.34. The minimum absolute atomic E-state index is 0.0650. The van der Waals surface area contributed by atoms with E-state index >= 15 is 0 Å². The van der Waals surface area contributed by atoms with Crippen molar-refractivity contribution in [3.8, 4) is 23.0 Å². The van der Waals surface area contributed by atoms with E-state index in [0.717, 1.165) is 39.1 Å². The molecule has 0 aliphatic carbocycles. The van der Waals surface area contributed by atoms with Crippen LogP contribution < -0.4 is 24.3 Å². The van der Waals surface area contributed by atoms with Gasteiger partial charge in [0.1, 0.15) is 11.5 Å². The molecule has 0 spiro atoms. The van der Waals surface area contributed by atoms with Gasteiger partial charge in [0.25, 0.3) is 0 Å². The monoisotopic (exact) mass is 474 g/mol. The van der Waals surface area contributed by atoms with E-state index in [-0.39, 0.29) is 18.2 Å². The van der Waals surface area contributed by atoms with E-state index in [4.69, 9.17) is 18.9 Å². The molecule has 35 heavy (non-hydrogen) atoms. The molecule has 1 aromatic heterocycles. The number of fused-ring (bicyclic) bond motifs is 1. The van der Waals surface area contributed by atoms with Gasteiger partial charge in [0.05, 0.1) is 28.4 Å². The topological polar surface area (TPSA) is 81.8 Å². The van der Waals surface area contributed by atoms with Crippen molar-refractivity contribution >= 4 is 16.8 Å². The molecule has 4 aromatic rings. The zero-order valence-corrected chi connectivity index (χ0v) is 20.4. The Balaban J connectivity index is 1.61. The van der Waals surface area contributed by atoms with Crippen LogP contribution in [0.1, 0.15) is 29.0 Å². The van der Waals surface area contributed by atoms with Crippen molar-refractivity contribution < 1.29 is 23.7 Å². The lowest BCUT2D eigenvalue weighted by Gasteiger charge is -2.19. The SMILES string of the molecule is COc1ccc(C(CC(=O)NCc2ccc(OC)c(OC)c2)c2c[nH]c3cccc(OC)c23)cc1. The predicted octanol–water partition coefficient (Wildman–Crippen LogP) is 5.04. The fourth-order valence-corrected chi connectivity index (χ4v) is 4.31. The number of rotatable bonds is 10. The molecular formula is C28H30N2O5.